The standard InChI is InChI=1S/C20H23N3O5/c1-2-27-9-3-7-22-19(24)18-11-14(6-8-21-18)28-13-4-5-17-15(10-13)16(12-23-17)20(25)26/h4-6,8,10-11,16,23H,2-3,7,9,12H2,1H3,(H,22,24)(H,25,26). The Morgan fingerprint density at radius 2 is 2.11 bits per heavy atom. The highest BCUT2D eigenvalue weighted by molar-refractivity contribution is 5.92. The number of carbonyl (C=O) groups is 2. The molecule has 0 radical (unpaired) electrons. The number of aromatic nitrogens is 1. The van der Waals surface area contributed by atoms with Crippen molar-refractivity contribution in [3.8, 4) is 11.5 Å². The summed E-state index contributed by atoms with van der Waals surface area (Å²) in [6.07, 6.45) is 2.23. The number of fused-ring (bicyclic) bond motifs is 1. The van der Waals surface area contributed by atoms with Crippen molar-refractivity contribution < 1.29 is 24.2 Å². The van der Waals surface area contributed by atoms with Gasteiger partial charge in [-0.3, -0.25) is 14.6 Å². The van der Waals surface area contributed by atoms with Crippen LogP contribution in [0.2, 0.25) is 0 Å². The largest absolute Gasteiger partial charge is 0.481 e. The average molecular weight is 385 g/mol. The van der Waals surface area contributed by atoms with Crippen molar-refractivity contribution in [3.05, 3.63) is 47.8 Å². The van der Waals surface area contributed by atoms with Crippen molar-refractivity contribution in [1.29, 1.82) is 0 Å². The van der Waals surface area contributed by atoms with Gasteiger partial charge in [-0.2, -0.15) is 0 Å². The number of aliphatic carboxylic acids is 1. The van der Waals surface area contributed by atoms with Gasteiger partial charge in [0, 0.05) is 44.3 Å². The van der Waals surface area contributed by atoms with E-state index in [9.17, 15) is 14.7 Å². The topological polar surface area (TPSA) is 110 Å². The lowest BCUT2D eigenvalue weighted by Gasteiger charge is -2.10. The molecule has 0 fully saturated rings. The van der Waals surface area contributed by atoms with Crippen molar-refractivity contribution in [1.82, 2.24) is 10.3 Å². The fraction of sp³-hybridized carbons (Fsp3) is 0.350. The van der Waals surface area contributed by atoms with E-state index in [2.05, 4.69) is 15.6 Å². The molecule has 2 aromatic rings. The Hall–Kier alpha value is -3.13. The van der Waals surface area contributed by atoms with E-state index >= 15 is 0 Å². The zero-order valence-electron chi connectivity index (χ0n) is 15.6. The van der Waals surface area contributed by atoms with E-state index in [4.69, 9.17) is 9.47 Å². The Labute approximate surface area is 162 Å². The van der Waals surface area contributed by atoms with Crippen molar-refractivity contribution in [2.24, 2.45) is 0 Å². The maximum Gasteiger partial charge on any atom is 0.312 e. The van der Waals surface area contributed by atoms with Gasteiger partial charge >= 0.3 is 5.97 Å². The number of hydrogen-bond donors (Lipinski definition) is 3. The van der Waals surface area contributed by atoms with Gasteiger partial charge in [-0.1, -0.05) is 0 Å². The minimum absolute atomic E-state index is 0.250. The van der Waals surface area contributed by atoms with E-state index in [1.54, 1.807) is 30.3 Å². The van der Waals surface area contributed by atoms with Crippen LogP contribution >= 0.6 is 0 Å². The summed E-state index contributed by atoms with van der Waals surface area (Å²) in [6, 6.07) is 8.46. The fourth-order valence-corrected chi connectivity index (χ4v) is 2.94. The fourth-order valence-electron chi connectivity index (χ4n) is 2.94. The summed E-state index contributed by atoms with van der Waals surface area (Å²) in [6.45, 7) is 4.03. The maximum atomic E-state index is 12.2. The molecule has 0 aliphatic carbocycles. The summed E-state index contributed by atoms with van der Waals surface area (Å²) in [7, 11) is 0. The number of rotatable bonds is 9. The van der Waals surface area contributed by atoms with Crippen molar-refractivity contribution in [3.63, 3.8) is 0 Å². The van der Waals surface area contributed by atoms with Crippen molar-refractivity contribution >= 4 is 17.6 Å². The van der Waals surface area contributed by atoms with E-state index in [0.29, 0.717) is 43.4 Å². The normalized spacial score (nSPS) is 14.8. The lowest BCUT2D eigenvalue weighted by atomic mass is 10.0. The summed E-state index contributed by atoms with van der Waals surface area (Å²) in [4.78, 5) is 27.6. The van der Waals surface area contributed by atoms with Gasteiger partial charge in [0.2, 0.25) is 0 Å². The quantitative estimate of drug-likeness (QED) is 0.569. The molecule has 0 spiro atoms. The lowest BCUT2D eigenvalue weighted by Crippen LogP contribution is -2.26. The summed E-state index contributed by atoms with van der Waals surface area (Å²) in [5.74, 6) is -0.814. The smallest absolute Gasteiger partial charge is 0.312 e. The molecule has 0 saturated carbocycles. The van der Waals surface area contributed by atoms with E-state index in [-0.39, 0.29) is 11.6 Å². The van der Waals surface area contributed by atoms with Gasteiger partial charge < -0.3 is 25.2 Å². The number of carboxylic acids is 1. The van der Waals surface area contributed by atoms with Crippen LogP contribution in [0.1, 0.15) is 35.3 Å². The third kappa shape index (κ3) is 4.77. The van der Waals surface area contributed by atoms with Crippen LogP contribution in [0.4, 0.5) is 5.69 Å². The third-order valence-electron chi connectivity index (χ3n) is 4.35. The number of ether oxygens (including phenoxy) is 2. The van der Waals surface area contributed by atoms with E-state index in [1.807, 2.05) is 6.92 Å². The zero-order valence-corrected chi connectivity index (χ0v) is 15.6. The summed E-state index contributed by atoms with van der Waals surface area (Å²) in [5, 5.41) is 15.2. The molecule has 1 unspecified atom stereocenters. The summed E-state index contributed by atoms with van der Waals surface area (Å²) >= 11 is 0. The summed E-state index contributed by atoms with van der Waals surface area (Å²) in [5.41, 5.74) is 1.73. The van der Waals surface area contributed by atoms with Crippen molar-refractivity contribution in [2.45, 2.75) is 19.3 Å². The molecule has 0 saturated heterocycles. The number of pyridine rings is 1. The highest BCUT2D eigenvalue weighted by atomic mass is 16.5. The monoisotopic (exact) mass is 385 g/mol. The molecule has 2 heterocycles. The number of nitrogens with one attached hydrogen (secondary N) is 2. The Bertz CT molecular complexity index is 855. The second-order valence-corrected chi connectivity index (χ2v) is 6.31. The molecule has 1 atom stereocenters. The van der Waals surface area contributed by atoms with Gasteiger partial charge in [-0.05, 0) is 43.2 Å². The molecule has 1 aromatic carbocycles. The highest BCUT2D eigenvalue weighted by Crippen LogP contribution is 2.35. The second kappa shape index (κ2) is 9.18. The third-order valence-corrected chi connectivity index (χ3v) is 4.35. The number of benzene rings is 1. The molecule has 148 valence electrons. The first kappa shape index (κ1) is 19.6. The van der Waals surface area contributed by atoms with Crippen LogP contribution in [0.15, 0.2) is 36.5 Å². The number of nitrogens with zero attached hydrogens (tertiary/aromatic N) is 1. The first-order valence-corrected chi connectivity index (χ1v) is 9.19. The predicted molar refractivity (Wildman–Crippen MR) is 103 cm³/mol. The van der Waals surface area contributed by atoms with Crippen LogP contribution in [0.3, 0.4) is 0 Å². The van der Waals surface area contributed by atoms with E-state index < -0.39 is 11.9 Å². The SMILES string of the molecule is CCOCCCNC(=O)c1cc(Oc2ccc3c(c2)C(C(=O)O)CN3)ccn1. The molecular weight excluding hydrogens is 362 g/mol. The van der Waals surface area contributed by atoms with Gasteiger partial charge in [0.25, 0.3) is 5.91 Å². The minimum Gasteiger partial charge on any atom is -0.481 e. The van der Waals surface area contributed by atoms with Crippen LogP contribution in [0.25, 0.3) is 0 Å². The molecule has 1 aromatic heterocycles. The van der Waals surface area contributed by atoms with Crippen LogP contribution in [0.5, 0.6) is 11.5 Å². The van der Waals surface area contributed by atoms with Crippen LogP contribution in [0, 0.1) is 0 Å². The molecular formula is C20H23N3O5. The molecule has 0 bridgehead atoms. The lowest BCUT2D eigenvalue weighted by molar-refractivity contribution is -0.138. The Kier molecular flexibility index (Phi) is 6.44. The molecule has 1 aliphatic rings. The molecule has 1 amide bonds. The molecule has 8 nitrogen and oxygen atoms in total. The molecule has 1 aliphatic heterocycles. The minimum atomic E-state index is -0.879. The number of hydrogen-bond acceptors (Lipinski definition) is 6. The Morgan fingerprint density at radius 1 is 1.29 bits per heavy atom. The predicted octanol–water partition coefficient (Wildman–Crippen LogP) is 2.62. The first-order chi connectivity index (χ1) is 13.6. The summed E-state index contributed by atoms with van der Waals surface area (Å²) < 4.78 is 11.1. The van der Waals surface area contributed by atoms with Crippen LogP contribution in [-0.2, 0) is 9.53 Å². The highest BCUT2D eigenvalue weighted by Gasteiger charge is 2.28. The number of anilines is 1. The van der Waals surface area contributed by atoms with E-state index in [1.165, 1.54) is 6.20 Å². The van der Waals surface area contributed by atoms with Gasteiger partial charge in [-0.25, -0.2) is 0 Å². The average Bonchev–Trinajstić information content (AvgIpc) is 3.11. The number of carboxylic acid groups (broad SMARTS) is 1. The zero-order chi connectivity index (χ0) is 19.9. The van der Waals surface area contributed by atoms with Crippen molar-refractivity contribution in [2.75, 3.05) is 31.6 Å². The second-order valence-electron chi connectivity index (χ2n) is 6.31. The molecule has 3 rings (SSSR count). The van der Waals surface area contributed by atoms with Crippen LogP contribution in [-0.4, -0.2) is 48.3 Å². The van der Waals surface area contributed by atoms with E-state index in [0.717, 1.165) is 12.1 Å². The van der Waals surface area contributed by atoms with Gasteiger partial charge in [-0.15, -0.1) is 0 Å². The molecule has 28 heavy (non-hydrogen) atoms. The van der Waals surface area contributed by atoms with Gasteiger partial charge in [0.15, 0.2) is 0 Å². The first-order valence-electron chi connectivity index (χ1n) is 9.19. The molecule has 8 heteroatoms. The van der Waals surface area contributed by atoms with Gasteiger partial charge in [0.05, 0.1) is 0 Å². The maximum absolute atomic E-state index is 12.2. The Morgan fingerprint density at radius 3 is 2.89 bits per heavy atom. The number of amides is 1. The number of carbonyl (C=O) groups excluding carboxylic acids is 1. The Balaban J connectivity index is 1.64. The van der Waals surface area contributed by atoms with Crippen LogP contribution < -0.4 is 15.4 Å². The van der Waals surface area contributed by atoms with Gasteiger partial charge in [0.1, 0.15) is 23.1 Å². The molecule has 3 N–H and O–H groups in total.